The Hall–Kier alpha value is -2.91. The minimum absolute atomic E-state index is 0.200. The average molecular weight is 360 g/mol. The summed E-state index contributed by atoms with van der Waals surface area (Å²) in [6.45, 7) is 4.40. The zero-order valence-electron chi connectivity index (χ0n) is 16.0. The molecule has 3 aromatic rings. The second-order valence-corrected chi connectivity index (χ2v) is 7.42. The van der Waals surface area contributed by atoms with Crippen molar-refractivity contribution in [1.29, 1.82) is 5.26 Å². The molecule has 6 nitrogen and oxygen atoms in total. The monoisotopic (exact) mass is 360 g/mol. The van der Waals surface area contributed by atoms with Crippen molar-refractivity contribution in [2.45, 2.75) is 25.8 Å². The normalized spacial score (nSPS) is 15.8. The summed E-state index contributed by atoms with van der Waals surface area (Å²) in [4.78, 5) is 11.2. The predicted molar refractivity (Wildman–Crippen MR) is 108 cm³/mol. The lowest BCUT2D eigenvalue weighted by Gasteiger charge is -2.30. The summed E-state index contributed by atoms with van der Waals surface area (Å²) in [7, 11) is 4.11. The molecular weight excluding hydrogens is 336 g/mol. The van der Waals surface area contributed by atoms with Gasteiger partial charge in [-0.2, -0.15) is 5.26 Å². The maximum absolute atomic E-state index is 9.30. The Labute approximate surface area is 159 Å². The van der Waals surface area contributed by atoms with Gasteiger partial charge in [-0.15, -0.1) is 0 Å². The molecule has 1 saturated heterocycles. The summed E-state index contributed by atoms with van der Waals surface area (Å²) >= 11 is 0. The van der Waals surface area contributed by atoms with Gasteiger partial charge >= 0.3 is 0 Å². The molecule has 3 heterocycles. The molecule has 6 heteroatoms. The molecule has 138 valence electrons. The lowest BCUT2D eigenvalue weighted by Crippen LogP contribution is -2.36. The van der Waals surface area contributed by atoms with Gasteiger partial charge in [0.2, 0.25) is 5.82 Å². The predicted octanol–water partition coefficient (Wildman–Crippen LogP) is 3.32. The smallest absolute Gasteiger partial charge is 0.234 e. The zero-order valence-corrected chi connectivity index (χ0v) is 16.0. The number of hydrogen-bond acceptors (Lipinski definition) is 5. The SMILES string of the molecule is Cc1cc(-c2nc(C#N)nc3c2ccn3C)ccc1NC1CCN(C)CC1. The van der Waals surface area contributed by atoms with E-state index in [2.05, 4.69) is 58.4 Å². The Bertz CT molecular complexity index is 1020. The number of likely N-dealkylation sites (tertiary alicyclic amines) is 1. The zero-order chi connectivity index (χ0) is 19.0. The second-order valence-electron chi connectivity index (χ2n) is 7.42. The fraction of sp³-hybridized carbons (Fsp3) is 0.381. The summed E-state index contributed by atoms with van der Waals surface area (Å²) in [6.07, 6.45) is 4.28. The minimum atomic E-state index is 0.200. The highest BCUT2D eigenvalue weighted by molar-refractivity contribution is 5.91. The van der Waals surface area contributed by atoms with E-state index >= 15 is 0 Å². The third kappa shape index (κ3) is 3.38. The first-order chi connectivity index (χ1) is 13.0. The van der Waals surface area contributed by atoms with Crippen LogP contribution in [0.2, 0.25) is 0 Å². The van der Waals surface area contributed by atoms with Crippen molar-refractivity contribution >= 4 is 16.7 Å². The van der Waals surface area contributed by atoms with Crippen LogP contribution < -0.4 is 5.32 Å². The van der Waals surface area contributed by atoms with Gasteiger partial charge in [0.1, 0.15) is 11.7 Å². The molecule has 0 aliphatic carbocycles. The average Bonchev–Trinajstić information content (AvgIpc) is 3.05. The lowest BCUT2D eigenvalue weighted by molar-refractivity contribution is 0.264. The highest BCUT2D eigenvalue weighted by Crippen LogP contribution is 2.30. The van der Waals surface area contributed by atoms with Gasteiger partial charge in [0, 0.05) is 35.9 Å². The molecule has 2 aromatic heterocycles. The van der Waals surface area contributed by atoms with Crippen LogP contribution in [0.5, 0.6) is 0 Å². The molecule has 0 saturated carbocycles. The Kier molecular flexibility index (Phi) is 4.54. The Morgan fingerprint density at radius 3 is 2.63 bits per heavy atom. The van der Waals surface area contributed by atoms with Gasteiger partial charge in [-0.3, -0.25) is 0 Å². The quantitative estimate of drug-likeness (QED) is 0.776. The van der Waals surface area contributed by atoms with Crippen molar-refractivity contribution in [2.24, 2.45) is 7.05 Å². The van der Waals surface area contributed by atoms with Crippen LogP contribution >= 0.6 is 0 Å². The number of hydrogen-bond donors (Lipinski definition) is 1. The number of aromatic nitrogens is 3. The van der Waals surface area contributed by atoms with E-state index in [1.807, 2.05) is 23.9 Å². The van der Waals surface area contributed by atoms with Gasteiger partial charge < -0.3 is 14.8 Å². The van der Waals surface area contributed by atoms with E-state index in [0.29, 0.717) is 6.04 Å². The summed E-state index contributed by atoms with van der Waals surface area (Å²) in [6, 6.07) is 11.0. The highest BCUT2D eigenvalue weighted by Gasteiger charge is 2.18. The van der Waals surface area contributed by atoms with Crippen molar-refractivity contribution < 1.29 is 0 Å². The molecule has 1 fully saturated rings. The summed E-state index contributed by atoms with van der Waals surface area (Å²) in [5, 5.41) is 14.0. The maximum Gasteiger partial charge on any atom is 0.234 e. The summed E-state index contributed by atoms with van der Waals surface area (Å²) < 4.78 is 1.92. The first-order valence-corrected chi connectivity index (χ1v) is 9.34. The van der Waals surface area contributed by atoms with E-state index in [9.17, 15) is 5.26 Å². The third-order valence-electron chi connectivity index (χ3n) is 5.40. The molecule has 1 aromatic carbocycles. The van der Waals surface area contributed by atoms with Gasteiger partial charge in [0.25, 0.3) is 0 Å². The Balaban J connectivity index is 1.67. The van der Waals surface area contributed by atoms with Gasteiger partial charge in [0.05, 0.1) is 5.69 Å². The molecule has 27 heavy (non-hydrogen) atoms. The van der Waals surface area contributed by atoms with Crippen LogP contribution in [-0.2, 0) is 7.05 Å². The molecule has 0 amide bonds. The number of nitriles is 1. The third-order valence-corrected chi connectivity index (χ3v) is 5.40. The van der Waals surface area contributed by atoms with Crippen LogP contribution in [0.25, 0.3) is 22.3 Å². The van der Waals surface area contributed by atoms with Crippen molar-refractivity contribution in [2.75, 3.05) is 25.5 Å². The van der Waals surface area contributed by atoms with E-state index in [4.69, 9.17) is 0 Å². The molecule has 4 rings (SSSR count). The fourth-order valence-corrected chi connectivity index (χ4v) is 3.75. The Morgan fingerprint density at radius 2 is 1.93 bits per heavy atom. The van der Waals surface area contributed by atoms with Crippen molar-refractivity contribution in [3.05, 3.63) is 41.9 Å². The molecule has 0 radical (unpaired) electrons. The van der Waals surface area contributed by atoms with Crippen molar-refractivity contribution in [3.63, 3.8) is 0 Å². The summed E-state index contributed by atoms with van der Waals surface area (Å²) in [5.41, 5.74) is 4.96. The van der Waals surface area contributed by atoms with E-state index < -0.39 is 0 Å². The number of nitrogens with one attached hydrogen (secondary N) is 1. The van der Waals surface area contributed by atoms with E-state index in [1.165, 1.54) is 24.1 Å². The fourth-order valence-electron chi connectivity index (χ4n) is 3.75. The van der Waals surface area contributed by atoms with Crippen LogP contribution in [0.1, 0.15) is 24.2 Å². The molecule has 1 aliphatic rings. The molecule has 0 atom stereocenters. The number of anilines is 1. The number of benzene rings is 1. The maximum atomic E-state index is 9.30. The molecule has 0 unspecified atom stereocenters. The lowest BCUT2D eigenvalue weighted by atomic mass is 10.0. The molecule has 0 bridgehead atoms. The van der Waals surface area contributed by atoms with Gasteiger partial charge in [-0.25, -0.2) is 9.97 Å². The molecule has 1 aliphatic heterocycles. The van der Waals surface area contributed by atoms with Crippen LogP contribution in [0.15, 0.2) is 30.5 Å². The standard InChI is InChI=1S/C21H24N6/c1-14-12-15(4-5-18(14)23-16-6-9-26(2)10-7-16)20-17-8-11-27(3)21(17)25-19(13-22)24-20/h4-5,8,11-12,16,23H,6-7,9-10H2,1-3H3. The second kappa shape index (κ2) is 7.01. The minimum Gasteiger partial charge on any atom is -0.382 e. The first-order valence-electron chi connectivity index (χ1n) is 9.34. The van der Waals surface area contributed by atoms with Crippen molar-refractivity contribution in [1.82, 2.24) is 19.4 Å². The first kappa shape index (κ1) is 17.5. The number of nitrogens with zero attached hydrogens (tertiary/aromatic N) is 5. The van der Waals surface area contributed by atoms with E-state index in [-0.39, 0.29) is 5.82 Å². The number of rotatable bonds is 3. The van der Waals surface area contributed by atoms with Crippen LogP contribution in [-0.4, -0.2) is 45.6 Å². The largest absolute Gasteiger partial charge is 0.382 e. The van der Waals surface area contributed by atoms with E-state index in [0.717, 1.165) is 35.4 Å². The van der Waals surface area contributed by atoms with Gasteiger partial charge in [0.15, 0.2) is 0 Å². The van der Waals surface area contributed by atoms with Crippen LogP contribution in [0, 0.1) is 18.3 Å². The Morgan fingerprint density at radius 1 is 1.15 bits per heavy atom. The molecule has 1 N–H and O–H groups in total. The number of aryl methyl sites for hydroxylation is 2. The molecule has 0 spiro atoms. The number of fused-ring (bicyclic) bond motifs is 1. The van der Waals surface area contributed by atoms with Crippen molar-refractivity contribution in [3.8, 4) is 17.3 Å². The van der Waals surface area contributed by atoms with E-state index in [1.54, 1.807) is 0 Å². The van der Waals surface area contributed by atoms with Gasteiger partial charge in [-0.1, -0.05) is 6.07 Å². The number of piperidine rings is 1. The van der Waals surface area contributed by atoms with Crippen LogP contribution in [0.3, 0.4) is 0 Å². The highest BCUT2D eigenvalue weighted by atomic mass is 15.1. The topological polar surface area (TPSA) is 69.8 Å². The van der Waals surface area contributed by atoms with Crippen LogP contribution in [0.4, 0.5) is 5.69 Å². The molecular formula is C21H24N6. The summed E-state index contributed by atoms with van der Waals surface area (Å²) in [5.74, 6) is 0.200. The van der Waals surface area contributed by atoms with Gasteiger partial charge in [-0.05, 0) is 63.7 Å².